The van der Waals surface area contributed by atoms with Gasteiger partial charge in [-0.05, 0) is 49.6 Å². The van der Waals surface area contributed by atoms with Crippen LogP contribution in [0.1, 0.15) is 29.2 Å². The number of benzene rings is 2. The Morgan fingerprint density at radius 2 is 1.82 bits per heavy atom. The second kappa shape index (κ2) is 12.9. The van der Waals surface area contributed by atoms with Crippen molar-refractivity contribution in [2.24, 2.45) is 0 Å². The van der Waals surface area contributed by atoms with Gasteiger partial charge in [0.05, 0.1) is 24.0 Å². The highest BCUT2D eigenvalue weighted by Crippen LogP contribution is 2.29. The number of para-hydroxylation sites is 1. The van der Waals surface area contributed by atoms with Crippen LogP contribution < -0.4 is 10.6 Å². The summed E-state index contributed by atoms with van der Waals surface area (Å²) in [5, 5.41) is 10.9. The lowest BCUT2D eigenvalue weighted by Crippen LogP contribution is -2.42. The summed E-state index contributed by atoms with van der Waals surface area (Å²) in [5.41, 5.74) is 3.23. The van der Waals surface area contributed by atoms with E-state index in [0.717, 1.165) is 29.4 Å². The molecule has 10 heteroatoms. The second-order valence-electron chi connectivity index (χ2n) is 9.50. The van der Waals surface area contributed by atoms with Gasteiger partial charge in [-0.2, -0.15) is 5.10 Å². The molecule has 0 spiro atoms. The molecule has 1 fully saturated rings. The van der Waals surface area contributed by atoms with E-state index >= 15 is 0 Å². The molecule has 2 amide bonds. The van der Waals surface area contributed by atoms with Crippen LogP contribution in [0.4, 0.5) is 19.4 Å². The molecule has 38 heavy (non-hydrogen) atoms. The molecule has 1 aromatic heterocycles. The molecule has 0 unspecified atom stereocenters. The van der Waals surface area contributed by atoms with Gasteiger partial charge in [-0.15, -0.1) is 0 Å². The lowest BCUT2D eigenvalue weighted by atomic mass is 9.94. The van der Waals surface area contributed by atoms with Gasteiger partial charge in [0.25, 0.3) is 0 Å². The highest BCUT2D eigenvalue weighted by Gasteiger charge is 2.35. The van der Waals surface area contributed by atoms with Crippen LogP contribution in [0, 0.1) is 18.6 Å². The number of nitrogens with zero attached hydrogens (tertiary/aromatic N) is 3. The summed E-state index contributed by atoms with van der Waals surface area (Å²) >= 11 is 0. The molecule has 1 aliphatic rings. The molecule has 2 N–H and O–H groups in total. The predicted octanol–water partition coefficient (Wildman–Crippen LogP) is 4.27. The van der Waals surface area contributed by atoms with Gasteiger partial charge in [0.1, 0.15) is 5.82 Å². The summed E-state index contributed by atoms with van der Waals surface area (Å²) in [5.74, 6) is -1.42. The van der Waals surface area contributed by atoms with Crippen LogP contribution in [-0.2, 0) is 15.9 Å². The summed E-state index contributed by atoms with van der Waals surface area (Å²) in [6, 6.07) is 12.8. The van der Waals surface area contributed by atoms with Crippen molar-refractivity contribution in [3.05, 3.63) is 77.0 Å². The number of hydrogen-bond donors (Lipinski definition) is 2. The number of aromatic nitrogens is 2. The first kappa shape index (κ1) is 27.7. The van der Waals surface area contributed by atoms with Crippen LogP contribution >= 0.6 is 0 Å². The van der Waals surface area contributed by atoms with Crippen LogP contribution in [0.25, 0.3) is 5.69 Å². The zero-order valence-electron chi connectivity index (χ0n) is 22.0. The van der Waals surface area contributed by atoms with Gasteiger partial charge in [0.2, 0.25) is 0 Å². The molecule has 0 bridgehead atoms. The van der Waals surface area contributed by atoms with Gasteiger partial charge in [-0.1, -0.05) is 24.3 Å². The monoisotopic (exact) mass is 527 g/mol. The summed E-state index contributed by atoms with van der Waals surface area (Å²) < 4.78 is 39.8. The number of amides is 2. The molecule has 4 rings (SSSR count). The van der Waals surface area contributed by atoms with E-state index in [0.29, 0.717) is 50.7 Å². The number of aryl methyl sites for hydroxylation is 1. The number of rotatable bonds is 11. The van der Waals surface area contributed by atoms with E-state index in [1.807, 2.05) is 37.3 Å². The standard InChI is InChI=1S/C28H35F2N5O3/c1-19-25(10-7-14-37-2)33-35(21-8-5-4-6-9-21)27(19)32-28(36)31-26-18-34(13-15-38-3)17-22(26)20-11-12-23(29)24(30)16-20/h4-6,8-9,11-12,16,22,26H,7,10,13-15,17-18H2,1-3H3,(H2,31,32,36)/t22-,26+/m0/s1. The summed E-state index contributed by atoms with van der Waals surface area (Å²) in [6.07, 6.45) is 1.52. The van der Waals surface area contributed by atoms with Crippen molar-refractivity contribution >= 4 is 11.8 Å². The predicted molar refractivity (Wildman–Crippen MR) is 142 cm³/mol. The van der Waals surface area contributed by atoms with Crippen molar-refractivity contribution in [1.29, 1.82) is 0 Å². The lowest BCUT2D eigenvalue weighted by Gasteiger charge is -2.21. The van der Waals surface area contributed by atoms with Crippen LogP contribution in [0.3, 0.4) is 0 Å². The molecule has 0 aliphatic carbocycles. The topological polar surface area (TPSA) is 80.6 Å². The number of hydrogen-bond acceptors (Lipinski definition) is 5. The summed E-state index contributed by atoms with van der Waals surface area (Å²) in [6.45, 7) is 4.90. The largest absolute Gasteiger partial charge is 0.385 e. The first-order valence-corrected chi connectivity index (χ1v) is 12.8. The normalized spacial score (nSPS) is 17.6. The zero-order valence-corrected chi connectivity index (χ0v) is 22.0. The van der Waals surface area contributed by atoms with E-state index in [-0.39, 0.29) is 18.0 Å². The number of anilines is 1. The van der Waals surface area contributed by atoms with Gasteiger partial charge in [-0.3, -0.25) is 10.2 Å². The first-order chi connectivity index (χ1) is 18.4. The van der Waals surface area contributed by atoms with E-state index in [4.69, 9.17) is 14.6 Å². The van der Waals surface area contributed by atoms with Crippen molar-refractivity contribution in [2.45, 2.75) is 31.7 Å². The molecule has 0 saturated carbocycles. The number of carbonyl (C=O) groups is 1. The minimum atomic E-state index is -0.899. The van der Waals surface area contributed by atoms with E-state index in [9.17, 15) is 13.6 Å². The quantitative estimate of drug-likeness (QED) is 0.364. The van der Waals surface area contributed by atoms with Gasteiger partial charge in [0, 0.05) is 51.9 Å². The first-order valence-electron chi connectivity index (χ1n) is 12.8. The zero-order chi connectivity index (χ0) is 27.1. The van der Waals surface area contributed by atoms with E-state index < -0.39 is 11.6 Å². The smallest absolute Gasteiger partial charge is 0.320 e. The molecular formula is C28H35F2N5O3. The number of nitrogens with one attached hydrogen (secondary N) is 2. The minimum absolute atomic E-state index is 0.211. The molecule has 1 aliphatic heterocycles. The van der Waals surface area contributed by atoms with Crippen molar-refractivity contribution in [3.8, 4) is 5.69 Å². The molecule has 204 valence electrons. The average molecular weight is 528 g/mol. The number of likely N-dealkylation sites (tertiary alicyclic amines) is 1. The number of carbonyl (C=O) groups excluding carboxylic acids is 1. The molecule has 2 atom stereocenters. The fraction of sp³-hybridized carbons (Fsp3) is 0.429. The molecule has 1 saturated heterocycles. The maximum absolute atomic E-state index is 14.0. The Morgan fingerprint density at radius 1 is 1.05 bits per heavy atom. The van der Waals surface area contributed by atoms with Gasteiger partial charge in [0.15, 0.2) is 11.6 Å². The van der Waals surface area contributed by atoms with Crippen LogP contribution in [0.2, 0.25) is 0 Å². The maximum atomic E-state index is 14.0. The third-order valence-corrected chi connectivity index (χ3v) is 6.91. The Kier molecular flexibility index (Phi) is 9.43. The highest BCUT2D eigenvalue weighted by atomic mass is 19.2. The van der Waals surface area contributed by atoms with Crippen molar-refractivity contribution in [1.82, 2.24) is 20.0 Å². The van der Waals surface area contributed by atoms with Gasteiger partial charge >= 0.3 is 6.03 Å². The second-order valence-corrected chi connectivity index (χ2v) is 9.50. The highest BCUT2D eigenvalue weighted by molar-refractivity contribution is 5.90. The van der Waals surface area contributed by atoms with Crippen LogP contribution in [0.5, 0.6) is 0 Å². The van der Waals surface area contributed by atoms with Crippen molar-refractivity contribution in [2.75, 3.05) is 52.4 Å². The third kappa shape index (κ3) is 6.56. The molecule has 8 nitrogen and oxygen atoms in total. The van der Waals surface area contributed by atoms with Gasteiger partial charge < -0.3 is 14.8 Å². The van der Waals surface area contributed by atoms with E-state index in [1.165, 1.54) is 6.07 Å². The Hall–Kier alpha value is -3.34. The van der Waals surface area contributed by atoms with Crippen molar-refractivity contribution in [3.63, 3.8) is 0 Å². The average Bonchev–Trinajstić information content (AvgIpc) is 3.45. The molecule has 2 heterocycles. The van der Waals surface area contributed by atoms with Crippen molar-refractivity contribution < 1.29 is 23.0 Å². The molecule has 2 aromatic carbocycles. The number of halogens is 2. The fourth-order valence-corrected chi connectivity index (χ4v) is 4.89. The SMILES string of the molecule is COCCCc1nn(-c2ccccc2)c(NC(=O)N[C@@H]2CN(CCOC)C[C@H]2c2ccc(F)c(F)c2)c1C. The Labute approximate surface area is 221 Å². The molecule has 3 aromatic rings. The van der Waals surface area contributed by atoms with Crippen LogP contribution in [-0.4, -0.2) is 73.8 Å². The Balaban J connectivity index is 1.55. The molecular weight excluding hydrogens is 492 g/mol. The summed E-state index contributed by atoms with van der Waals surface area (Å²) in [4.78, 5) is 15.5. The van der Waals surface area contributed by atoms with E-state index in [1.54, 1.807) is 25.0 Å². The number of methoxy groups -OCH3 is 2. The number of urea groups is 1. The van der Waals surface area contributed by atoms with E-state index in [2.05, 4.69) is 15.5 Å². The third-order valence-electron chi connectivity index (χ3n) is 6.91. The Morgan fingerprint density at radius 3 is 2.53 bits per heavy atom. The maximum Gasteiger partial charge on any atom is 0.320 e. The van der Waals surface area contributed by atoms with Gasteiger partial charge in [-0.25, -0.2) is 18.3 Å². The fourth-order valence-electron chi connectivity index (χ4n) is 4.89. The number of ether oxygens (including phenoxy) is 2. The Bertz CT molecular complexity index is 1220. The molecule has 0 radical (unpaired) electrons. The summed E-state index contributed by atoms with van der Waals surface area (Å²) in [7, 11) is 3.30. The van der Waals surface area contributed by atoms with Crippen LogP contribution in [0.15, 0.2) is 48.5 Å². The lowest BCUT2D eigenvalue weighted by molar-refractivity contribution is 0.159. The minimum Gasteiger partial charge on any atom is -0.385 e.